The van der Waals surface area contributed by atoms with E-state index in [1.54, 1.807) is 12.1 Å². The van der Waals surface area contributed by atoms with Crippen molar-refractivity contribution in [2.24, 2.45) is 0 Å². The number of nitrogens with zero attached hydrogens (tertiary/aromatic N) is 1. The van der Waals surface area contributed by atoms with E-state index in [1.807, 2.05) is 0 Å². The van der Waals surface area contributed by atoms with Gasteiger partial charge in [-0.3, -0.25) is 0 Å². The Bertz CT molecular complexity index is 390. The summed E-state index contributed by atoms with van der Waals surface area (Å²) in [6, 6.07) is 6.19. The van der Waals surface area contributed by atoms with E-state index in [0.29, 0.717) is 0 Å². The first-order valence-corrected chi connectivity index (χ1v) is 6.26. The molecule has 13 heavy (non-hydrogen) atoms. The van der Waals surface area contributed by atoms with Crippen molar-refractivity contribution in [3.8, 4) is 0 Å². The summed E-state index contributed by atoms with van der Waals surface area (Å²) in [5.41, 5.74) is 0. The van der Waals surface area contributed by atoms with Gasteiger partial charge in [0.25, 0.3) is 10.0 Å². The maximum absolute atomic E-state index is 11.3. The molecule has 3 nitrogen and oxygen atoms in total. The number of sulfonamides is 1. The second-order valence-corrected chi connectivity index (χ2v) is 6.41. The molecule has 0 fully saturated rings. The van der Waals surface area contributed by atoms with Crippen molar-refractivity contribution in [1.29, 1.82) is 0 Å². The number of benzene rings is 1. The van der Waals surface area contributed by atoms with Gasteiger partial charge in [0, 0.05) is 27.1 Å². The van der Waals surface area contributed by atoms with Crippen molar-refractivity contribution in [3.05, 3.63) is 27.8 Å². The Morgan fingerprint density at radius 2 is 1.62 bits per heavy atom. The second-order valence-electron chi connectivity index (χ2n) is 2.13. The predicted octanol–water partition coefficient (Wildman–Crippen LogP) is 2.59. The lowest BCUT2D eigenvalue weighted by molar-refractivity contribution is 0.579. The van der Waals surface area contributed by atoms with E-state index in [1.165, 1.54) is 12.1 Å². The van der Waals surface area contributed by atoms with Crippen molar-refractivity contribution in [1.82, 2.24) is 3.34 Å². The van der Waals surface area contributed by atoms with Crippen LogP contribution in [0.4, 0.5) is 0 Å². The summed E-state index contributed by atoms with van der Waals surface area (Å²) in [5.74, 6) is 0. The van der Waals surface area contributed by atoms with Gasteiger partial charge in [0.1, 0.15) is 0 Å². The molecule has 0 bridgehead atoms. The molecule has 0 spiro atoms. The summed E-state index contributed by atoms with van der Waals surface area (Å²) in [7, 11) is -3.73. The fourth-order valence-corrected chi connectivity index (χ4v) is 2.16. The number of rotatable bonds is 2. The van der Waals surface area contributed by atoms with E-state index >= 15 is 0 Å². The third-order valence-electron chi connectivity index (χ3n) is 1.29. The molecule has 1 rings (SSSR count). The van der Waals surface area contributed by atoms with Crippen molar-refractivity contribution >= 4 is 56.2 Å². The zero-order chi connectivity index (χ0) is 10.1. The van der Waals surface area contributed by atoms with Crippen LogP contribution in [0, 0.1) is 3.57 Å². The largest absolute Gasteiger partial charge is 0.270 e. The lowest BCUT2D eigenvalue weighted by Crippen LogP contribution is -2.12. The van der Waals surface area contributed by atoms with Gasteiger partial charge in [0.15, 0.2) is 0 Å². The zero-order valence-electron chi connectivity index (χ0n) is 6.12. The molecule has 1 aromatic carbocycles. The highest BCUT2D eigenvalue weighted by molar-refractivity contribution is 14.1. The summed E-state index contributed by atoms with van der Waals surface area (Å²) in [4.78, 5) is 0.0675. The van der Waals surface area contributed by atoms with Gasteiger partial charge in [-0.15, -0.1) is 0 Å². The van der Waals surface area contributed by atoms with Gasteiger partial charge >= 0.3 is 0 Å². The molecule has 0 aliphatic heterocycles. The van der Waals surface area contributed by atoms with E-state index in [0.717, 1.165) is 3.57 Å². The van der Waals surface area contributed by atoms with Crippen LogP contribution in [-0.4, -0.2) is 11.8 Å². The first kappa shape index (κ1) is 11.5. The van der Waals surface area contributed by atoms with Gasteiger partial charge in [-0.2, -0.15) is 0 Å². The highest BCUT2D eigenvalue weighted by atomic mass is 127. The molecule has 0 atom stereocenters. The highest BCUT2D eigenvalue weighted by Gasteiger charge is 2.20. The van der Waals surface area contributed by atoms with Crippen LogP contribution in [-0.2, 0) is 10.0 Å². The maximum Gasteiger partial charge on any atom is 0.270 e. The Labute approximate surface area is 100 Å². The topological polar surface area (TPSA) is 37.4 Å². The molecular weight excluding hydrogens is 348 g/mol. The lowest BCUT2D eigenvalue weighted by Gasteiger charge is -2.05. The fourth-order valence-electron chi connectivity index (χ4n) is 0.686. The van der Waals surface area contributed by atoms with E-state index in [2.05, 4.69) is 22.6 Å². The average Bonchev–Trinajstić information content (AvgIpc) is 2.04. The Hall–Kier alpha value is 0.440. The lowest BCUT2D eigenvalue weighted by atomic mass is 10.4. The van der Waals surface area contributed by atoms with Crippen LogP contribution in [0.2, 0.25) is 0 Å². The Kier molecular flexibility index (Phi) is 3.82. The number of hydrogen-bond donors (Lipinski definition) is 0. The zero-order valence-corrected chi connectivity index (χ0v) is 10.6. The molecule has 0 N–H and O–H groups in total. The van der Waals surface area contributed by atoms with Crippen molar-refractivity contribution in [2.45, 2.75) is 4.90 Å². The first-order valence-electron chi connectivity index (χ1n) is 3.07. The van der Waals surface area contributed by atoms with Crippen molar-refractivity contribution < 1.29 is 8.42 Å². The van der Waals surface area contributed by atoms with Gasteiger partial charge in [0.2, 0.25) is 0 Å². The van der Waals surface area contributed by atoms with E-state index < -0.39 is 10.0 Å². The molecule has 0 saturated carbocycles. The third-order valence-corrected chi connectivity index (χ3v) is 4.33. The minimum absolute atomic E-state index is 0.0675. The molecule has 0 unspecified atom stereocenters. The van der Waals surface area contributed by atoms with Gasteiger partial charge in [0.05, 0.1) is 4.90 Å². The van der Waals surface area contributed by atoms with Crippen LogP contribution in [0.3, 0.4) is 0 Å². The molecule has 7 heteroatoms. The van der Waals surface area contributed by atoms with E-state index in [9.17, 15) is 8.42 Å². The van der Waals surface area contributed by atoms with Crippen LogP contribution in [0.25, 0.3) is 0 Å². The van der Waals surface area contributed by atoms with E-state index in [-0.39, 0.29) is 8.24 Å². The number of hydrogen-bond acceptors (Lipinski definition) is 2. The molecule has 0 aliphatic rings. The average molecular weight is 352 g/mol. The molecule has 0 saturated heterocycles. The normalized spacial score (nSPS) is 12.0. The van der Waals surface area contributed by atoms with Crippen molar-refractivity contribution in [3.63, 3.8) is 0 Å². The third kappa shape index (κ3) is 2.69. The quantitative estimate of drug-likeness (QED) is 0.606. The van der Waals surface area contributed by atoms with Crippen LogP contribution in [0.1, 0.15) is 0 Å². The first-order chi connectivity index (χ1) is 5.94. The van der Waals surface area contributed by atoms with Crippen LogP contribution >= 0.6 is 46.1 Å². The molecule has 0 aromatic heterocycles. The Morgan fingerprint density at radius 3 is 2.00 bits per heavy atom. The smallest absolute Gasteiger partial charge is 0.204 e. The summed E-state index contributed by atoms with van der Waals surface area (Å²) >= 11 is 12.4. The summed E-state index contributed by atoms with van der Waals surface area (Å²) in [5, 5.41) is 0. The highest BCUT2D eigenvalue weighted by Crippen LogP contribution is 2.20. The molecule has 0 amide bonds. The van der Waals surface area contributed by atoms with Gasteiger partial charge in [-0.25, -0.2) is 8.42 Å². The molecule has 1 aromatic rings. The molecule has 0 radical (unpaired) electrons. The molecule has 0 heterocycles. The van der Waals surface area contributed by atoms with E-state index in [4.69, 9.17) is 23.6 Å². The van der Waals surface area contributed by atoms with Crippen LogP contribution in [0.15, 0.2) is 29.2 Å². The van der Waals surface area contributed by atoms with Crippen LogP contribution < -0.4 is 0 Å². The second kappa shape index (κ2) is 4.31. The van der Waals surface area contributed by atoms with Gasteiger partial charge in [-0.05, 0) is 50.2 Å². The fraction of sp³-hybridized carbons (Fsp3) is 0. The monoisotopic (exact) mass is 351 g/mol. The summed E-state index contributed by atoms with van der Waals surface area (Å²) < 4.78 is 23.7. The Balaban J connectivity index is 3.17. The van der Waals surface area contributed by atoms with Gasteiger partial charge in [-0.1, -0.05) is 0 Å². The molecular formula is C6H4Cl2INO2S. The van der Waals surface area contributed by atoms with Gasteiger partial charge < -0.3 is 0 Å². The molecule has 0 aliphatic carbocycles. The van der Waals surface area contributed by atoms with Crippen molar-refractivity contribution in [2.75, 3.05) is 0 Å². The minimum atomic E-state index is -3.73. The SMILES string of the molecule is O=S(=O)(c1ccc(I)cc1)N(Cl)Cl. The minimum Gasteiger partial charge on any atom is -0.204 e. The Morgan fingerprint density at radius 1 is 1.15 bits per heavy atom. The summed E-state index contributed by atoms with van der Waals surface area (Å²) in [6.07, 6.45) is 0. The standard InChI is InChI=1S/C6H4Cl2INO2S/c7-10(8)13(11,12)6-3-1-5(9)2-4-6/h1-4H. The summed E-state index contributed by atoms with van der Waals surface area (Å²) in [6.45, 7) is 0. The molecule has 72 valence electrons. The number of halogens is 3. The van der Waals surface area contributed by atoms with Crippen LogP contribution in [0.5, 0.6) is 0 Å². The predicted molar refractivity (Wildman–Crippen MR) is 59.9 cm³/mol. The maximum atomic E-state index is 11.3.